The minimum atomic E-state index is 0.602. The molecule has 2 rings (SSSR count). The SMILES string of the molecule is O=Cc1csc(C2CCCCC2)n1. The molecule has 0 aromatic carbocycles. The van der Waals surface area contributed by atoms with E-state index in [1.165, 1.54) is 37.1 Å². The summed E-state index contributed by atoms with van der Waals surface area (Å²) in [6.07, 6.45) is 7.35. The van der Waals surface area contributed by atoms with Gasteiger partial charge in [-0.3, -0.25) is 4.79 Å². The summed E-state index contributed by atoms with van der Waals surface area (Å²) in [6.45, 7) is 0. The van der Waals surface area contributed by atoms with Crippen molar-refractivity contribution >= 4 is 17.6 Å². The van der Waals surface area contributed by atoms with E-state index in [0.29, 0.717) is 11.6 Å². The highest BCUT2D eigenvalue weighted by molar-refractivity contribution is 7.09. The van der Waals surface area contributed by atoms with Gasteiger partial charge in [0, 0.05) is 11.3 Å². The molecule has 0 radical (unpaired) electrons. The third-order valence-corrected chi connectivity index (χ3v) is 3.64. The van der Waals surface area contributed by atoms with Crippen LogP contribution < -0.4 is 0 Å². The molecule has 0 unspecified atom stereocenters. The van der Waals surface area contributed by atoms with E-state index in [0.717, 1.165) is 6.29 Å². The largest absolute Gasteiger partial charge is 0.296 e. The molecule has 13 heavy (non-hydrogen) atoms. The number of carbonyl (C=O) groups is 1. The standard InChI is InChI=1S/C10H13NOS/c12-6-9-7-13-10(11-9)8-4-2-1-3-5-8/h6-8H,1-5H2. The summed E-state index contributed by atoms with van der Waals surface area (Å²) in [4.78, 5) is 14.7. The Morgan fingerprint density at radius 1 is 1.38 bits per heavy atom. The topological polar surface area (TPSA) is 30.0 Å². The normalized spacial score (nSPS) is 18.8. The van der Waals surface area contributed by atoms with Crippen LogP contribution in [0.3, 0.4) is 0 Å². The van der Waals surface area contributed by atoms with Crippen molar-refractivity contribution < 1.29 is 4.79 Å². The lowest BCUT2D eigenvalue weighted by molar-refractivity contribution is 0.111. The van der Waals surface area contributed by atoms with E-state index in [2.05, 4.69) is 4.98 Å². The average Bonchev–Trinajstić information content (AvgIpc) is 2.67. The zero-order valence-corrected chi connectivity index (χ0v) is 8.35. The highest BCUT2D eigenvalue weighted by Crippen LogP contribution is 2.33. The lowest BCUT2D eigenvalue weighted by atomic mass is 9.90. The van der Waals surface area contributed by atoms with Gasteiger partial charge >= 0.3 is 0 Å². The highest BCUT2D eigenvalue weighted by atomic mass is 32.1. The quantitative estimate of drug-likeness (QED) is 0.679. The molecule has 3 heteroatoms. The van der Waals surface area contributed by atoms with Gasteiger partial charge < -0.3 is 0 Å². The third-order valence-electron chi connectivity index (χ3n) is 2.61. The summed E-state index contributed by atoms with van der Waals surface area (Å²) in [7, 11) is 0. The van der Waals surface area contributed by atoms with Gasteiger partial charge in [-0.25, -0.2) is 4.98 Å². The van der Waals surface area contributed by atoms with Crippen molar-refractivity contribution in [3.63, 3.8) is 0 Å². The number of aldehydes is 1. The first-order valence-corrected chi connectivity index (χ1v) is 5.68. The van der Waals surface area contributed by atoms with Crippen LogP contribution in [0.4, 0.5) is 0 Å². The van der Waals surface area contributed by atoms with Gasteiger partial charge in [-0.1, -0.05) is 19.3 Å². The smallest absolute Gasteiger partial charge is 0.169 e. The minimum absolute atomic E-state index is 0.602. The van der Waals surface area contributed by atoms with Crippen LogP contribution in [0.2, 0.25) is 0 Å². The van der Waals surface area contributed by atoms with Crippen molar-refractivity contribution in [2.75, 3.05) is 0 Å². The highest BCUT2D eigenvalue weighted by Gasteiger charge is 2.18. The Morgan fingerprint density at radius 2 is 2.15 bits per heavy atom. The molecule has 0 bridgehead atoms. The molecule has 1 aliphatic rings. The van der Waals surface area contributed by atoms with E-state index in [-0.39, 0.29) is 0 Å². The first-order chi connectivity index (χ1) is 6.40. The number of nitrogens with zero attached hydrogens (tertiary/aromatic N) is 1. The lowest BCUT2D eigenvalue weighted by Gasteiger charge is -2.18. The van der Waals surface area contributed by atoms with E-state index in [4.69, 9.17) is 0 Å². The number of rotatable bonds is 2. The molecule has 1 aromatic heterocycles. The van der Waals surface area contributed by atoms with Crippen LogP contribution >= 0.6 is 11.3 Å². The predicted octanol–water partition coefficient (Wildman–Crippen LogP) is 3.00. The van der Waals surface area contributed by atoms with Crippen LogP contribution in [0, 0.1) is 0 Å². The van der Waals surface area contributed by atoms with Gasteiger partial charge in [-0.05, 0) is 12.8 Å². The molecular weight excluding hydrogens is 182 g/mol. The molecule has 2 nitrogen and oxygen atoms in total. The van der Waals surface area contributed by atoms with Gasteiger partial charge in [0.05, 0.1) is 5.01 Å². The molecular formula is C10H13NOS. The monoisotopic (exact) mass is 195 g/mol. The van der Waals surface area contributed by atoms with Gasteiger partial charge in [-0.2, -0.15) is 0 Å². The van der Waals surface area contributed by atoms with Crippen LogP contribution in [0.25, 0.3) is 0 Å². The van der Waals surface area contributed by atoms with E-state index in [9.17, 15) is 4.79 Å². The Balaban J connectivity index is 2.09. The fraction of sp³-hybridized carbons (Fsp3) is 0.600. The van der Waals surface area contributed by atoms with Crippen molar-refractivity contribution in [1.29, 1.82) is 0 Å². The third kappa shape index (κ3) is 1.97. The van der Waals surface area contributed by atoms with Crippen LogP contribution in [0.5, 0.6) is 0 Å². The average molecular weight is 195 g/mol. The molecule has 1 heterocycles. The summed E-state index contributed by atoms with van der Waals surface area (Å²) in [6, 6.07) is 0. The summed E-state index contributed by atoms with van der Waals surface area (Å²) in [5.41, 5.74) is 0.602. The maximum atomic E-state index is 10.4. The van der Waals surface area contributed by atoms with Crippen LogP contribution in [0.1, 0.15) is 53.5 Å². The second-order valence-electron chi connectivity index (χ2n) is 3.56. The van der Waals surface area contributed by atoms with Crippen molar-refractivity contribution in [3.05, 3.63) is 16.1 Å². The number of thiazole rings is 1. The number of aromatic nitrogens is 1. The van der Waals surface area contributed by atoms with Crippen molar-refractivity contribution in [2.24, 2.45) is 0 Å². The Morgan fingerprint density at radius 3 is 2.77 bits per heavy atom. The summed E-state index contributed by atoms with van der Waals surface area (Å²) >= 11 is 1.64. The molecule has 70 valence electrons. The summed E-state index contributed by atoms with van der Waals surface area (Å²) in [5.74, 6) is 0.632. The van der Waals surface area contributed by atoms with Crippen LogP contribution in [-0.2, 0) is 0 Å². The first kappa shape index (κ1) is 8.88. The van der Waals surface area contributed by atoms with Crippen molar-refractivity contribution in [3.8, 4) is 0 Å². The maximum absolute atomic E-state index is 10.4. The van der Waals surface area contributed by atoms with E-state index >= 15 is 0 Å². The molecule has 0 N–H and O–H groups in total. The fourth-order valence-corrected chi connectivity index (χ4v) is 2.83. The van der Waals surface area contributed by atoms with Gasteiger partial charge in [0.2, 0.25) is 0 Å². The molecule has 0 amide bonds. The van der Waals surface area contributed by atoms with Crippen molar-refractivity contribution in [1.82, 2.24) is 4.98 Å². The molecule has 1 aromatic rings. The molecule has 0 saturated heterocycles. The Hall–Kier alpha value is -0.700. The Bertz CT molecular complexity index is 289. The Kier molecular flexibility index (Phi) is 2.74. The second-order valence-corrected chi connectivity index (χ2v) is 4.45. The minimum Gasteiger partial charge on any atom is -0.296 e. The fourth-order valence-electron chi connectivity index (χ4n) is 1.89. The Labute approximate surface area is 82.0 Å². The van der Waals surface area contributed by atoms with Gasteiger partial charge in [-0.15, -0.1) is 11.3 Å². The van der Waals surface area contributed by atoms with Crippen LogP contribution in [0.15, 0.2) is 5.38 Å². The molecule has 0 aliphatic heterocycles. The maximum Gasteiger partial charge on any atom is 0.169 e. The van der Waals surface area contributed by atoms with E-state index in [1.54, 1.807) is 11.3 Å². The zero-order chi connectivity index (χ0) is 9.10. The van der Waals surface area contributed by atoms with Gasteiger partial charge in [0.1, 0.15) is 5.69 Å². The summed E-state index contributed by atoms with van der Waals surface area (Å²) in [5, 5.41) is 3.03. The van der Waals surface area contributed by atoms with Gasteiger partial charge in [0.15, 0.2) is 6.29 Å². The number of hydrogen-bond donors (Lipinski definition) is 0. The zero-order valence-electron chi connectivity index (χ0n) is 7.53. The van der Waals surface area contributed by atoms with Crippen molar-refractivity contribution in [2.45, 2.75) is 38.0 Å². The van der Waals surface area contributed by atoms with Crippen LogP contribution in [-0.4, -0.2) is 11.3 Å². The van der Waals surface area contributed by atoms with E-state index < -0.39 is 0 Å². The molecule has 1 aliphatic carbocycles. The molecule has 0 atom stereocenters. The molecule has 1 fully saturated rings. The second kappa shape index (κ2) is 4.01. The number of hydrogen-bond acceptors (Lipinski definition) is 3. The molecule has 0 spiro atoms. The molecule has 1 saturated carbocycles. The first-order valence-electron chi connectivity index (χ1n) is 4.81. The number of carbonyl (C=O) groups excluding carboxylic acids is 1. The van der Waals surface area contributed by atoms with Gasteiger partial charge in [0.25, 0.3) is 0 Å². The summed E-state index contributed by atoms with van der Waals surface area (Å²) < 4.78 is 0. The predicted molar refractivity (Wildman–Crippen MR) is 53.3 cm³/mol. The van der Waals surface area contributed by atoms with E-state index in [1.807, 2.05) is 5.38 Å². The lowest BCUT2D eigenvalue weighted by Crippen LogP contribution is -2.04.